The molecular weight excluding hydrogens is 498 g/mol. The average molecular weight is 530 g/mol. The second-order valence-electron chi connectivity index (χ2n) is 10.5. The van der Waals surface area contributed by atoms with Crippen LogP contribution in [0.2, 0.25) is 0 Å². The zero-order chi connectivity index (χ0) is 27.5. The highest BCUT2D eigenvalue weighted by molar-refractivity contribution is 6.04. The zero-order valence-corrected chi connectivity index (χ0v) is 22.3. The lowest BCUT2D eigenvalue weighted by molar-refractivity contribution is -0.131. The minimum absolute atomic E-state index is 0.111. The first-order valence-electron chi connectivity index (χ1n) is 14.0. The number of carbonyl (C=O) groups is 1. The first-order chi connectivity index (χ1) is 19.6. The molecule has 1 saturated carbocycles. The first kappa shape index (κ1) is 25.8. The van der Waals surface area contributed by atoms with Crippen LogP contribution in [-0.2, 0) is 9.53 Å². The number of nitrogens with zero attached hydrogens (tertiary/aromatic N) is 3. The molecule has 4 aromatic rings. The summed E-state index contributed by atoms with van der Waals surface area (Å²) in [5, 5.41) is 25.1. The van der Waals surface area contributed by atoms with E-state index in [4.69, 9.17) is 9.84 Å². The van der Waals surface area contributed by atoms with Crippen LogP contribution in [0.5, 0.6) is 0 Å². The number of allylic oxidation sites excluding steroid dienone is 1. The zero-order valence-electron chi connectivity index (χ0n) is 22.3. The van der Waals surface area contributed by atoms with E-state index in [2.05, 4.69) is 47.6 Å². The summed E-state index contributed by atoms with van der Waals surface area (Å²) in [6.45, 7) is 0.724. The van der Waals surface area contributed by atoms with Gasteiger partial charge in [0.2, 0.25) is 0 Å². The normalized spacial score (nSPS) is 18.3. The van der Waals surface area contributed by atoms with Gasteiger partial charge in [-0.15, -0.1) is 0 Å². The van der Waals surface area contributed by atoms with Crippen LogP contribution in [0, 0.1) is 17.2 Å². The molecule has 1 atom stereocenters. The Labute approximate surface area is 233 Å². The van der Waals surface area contributed by atoms with Crippen molar-refractivity contribution in [2.24, 2.45) is 5.92 Å². The second-order valence-corrected chi connectivity index (χ2v) is 10.5. The molecule has 1 saturated heterocycles. The highest BCUT2D eigenvalue weighted by atomic mass is 16.5. The van der Waals surface area contributed by atoms with E-state index in [0.29, 0.717) is 11.5 Å². The third-order valence-electron chi connectivity index (χ3n) is 8.08. The van der Waals surface area contributed by atoms with E-state index < -0.39 is 5.97 Å². The summed E-state index contributed by atoms with van der Waals surface area (Å²) in [6.07, 6.45) is 10.9. The third-order valence-corrected chi connectivity index (χ3v) is 8.08. The Bertz CT molecular complexity index is 1630. The van der Waals surface area contributed by atoms with Gasteiger partial charge in [0.25, 0.3) is 0 Å². The Morgan fingerprint density at radius 2 is 1.77 bits per heavy atom. The van der Waals surface area contributed by atoms with Crippen molar-refractivity contribution in [2.45, 2.75) is 44.8 Å². The first-order valence-corrected chi connectivity index (χ1v) is 14.0. The van der Waals surface area contributed by atoms with Crippen molar-refractivity contribution in [2.75, 3.05) is 6.61 Å². The van der Waals surface area contributed by atoms with Crippen LogP contribution in [0.4, 0.5) is 0 Å². The van der Waals surface area contributed by atoms with E-state index in [1.54, 1.807) is 12.3 Å². The van der Waals surface area contributed by atoms with E-state index in [-0.39, 0.29) is 6.23 Å². The van der Waals surface area contributed by atoms with Crippen LogP contribution in [0.15, 0.2) is 79.0 Å². The predicted octanol–water partition coefficient (Wildman–Crippen LogP) is 7.46. The summed E-state index contributed by atoms with van der Waals surface area (Å²) < 4.78 is 7.94. The Balaban J connectivity index is 1.57. The van der Waals surface area contributed by atoms with Crippen molar-refractivity contribution in [3.63, 3.8) is 0 Å². The molecule has 1 aromatic heterocycles. The summed E-state index contributed by atoms with van der Waals surface area (Å²) in [5.74, 6) is -0.586. The van der Waals surface area contributed by atoms with Gasteiger partial charge >= 0.3 is 5.97 Å². The Morgan fingerprint density at radius 3 is 2.42 bits per heavy atom. The number of carboxylic acids is 1. The van der Waals surface area contributed by atoms with Crippen molar-refractivity contribution >= 4 is 34.1 Å². The number of carboxylic acid groups (broad SMARTS) is 1. The molecule has 40 heavy (non-hydrogen) atoms. The fourth-order valence-corrected chi connectivity index (χ4v) is 5.88. The molecule has 2 heterocycles. The maximum atomic E-state index is 11.0. The lowest BCUT2D eigenvalue weighted by Gasteiger charge is -2.32. The molecular formula is C34H31N3O3. The molecule has 2 aliphatic rings. The Hall–Kier alpha value is -4.47. The van der Waals surface area contributed by atoms with Crippen LogP contribution in [0.1, 0.15) is 72.6 Å². The largest absolute Gasteiger partial charge is 0.478 e. The van der Waals surface area contributed by atoms with E-state index >= 15 is 0 Å². The molecule has 200 valence electrons. The molecule has 6 nitrogen and oxygen atoms in total. The average Bonchev–Trinajstić information content (AvgIpc) is 3.40. The second kappa shape index (κ2) is 11.3. The van der Waals surface area contributed by atoms with Crippen LogP contribution in [-0.4, -0.2) is 27.5 Å². The lowest BCUT2D eigenvalue weighted by Crippen LogP contribution is -2.19. The summed E-state index contributed by atoms with van der Waals surface area (Å²) in [7, 11) is 0. The monoisotopic (exact) mass is 529 g/mol. The van der Waals surface area contributed by atoms with Crippen molar-refractivity contribution in [3.8, 4) is 6.07 Å². The van der Waals surface area contributed by atoms with Gasteiger partial charge in [-0.05, 0) is 78.0 Å². The Morgan fingerprint density at radius 1 is 0.975 bits per heavy atom. The minimum atomic E-state index is -0.979. The molecule has 0 radical (unpaired) electrons. The number of nitriles is 1. The van der Waals surface area contributed by atoms with Gasteiger partial charge in [0.15, 0.2) is 6.23 Å². The van der Waals surface area contributed by atoms with Gasteiger partial charge in [0.05, 0.1) is 17.3 Å². The molecule has 0 spiro atoms. The molecule has 1 unspecified atom stereocenters. The SMILES string of the molecule is N#Cc1c(C(=C(c2ccccc2)C2CCC2)c2ccc(C=CC(=O)O)cc2)ccc2c1cnn2C1CCCCO1. The van der Waals surface area contributed by atoms with E-state index in [9.17, 15) is 10.1 Å². The van der Waals surface area contributed by atoms with Crippen molar-refractivity contribution < 1.29 is 14.6 Å². The lowest BCUT2D eigenvalue weighted by atomic mass is 9.72. The van der Waals surface area contributed by atoms with E-state index in [0.717, 1.165) is 83.5 Å². The topological polar surface area (TPSA) is 88.1 Å². The maximum Gasteiger partial charge on any atom is 0.328 e. The quantitative estimate of drug-likeness (QED) is 0.198. The van der Waals surface area contributed by atoms with Gasteiger partial charge in [0.1, 0.15) is 6.07 Å². The van der Waals surface area contributed by atoms with Crippen molar-refractivity contribution in [3.05, 3.63) is 107 Å². The standard InChI is InChI=1S/C34H31N3O3/c35-21-28-27(17-18-30-29(28)22-36-37(30)31-11-4-5-20-40-31)34(26-15-12-23(13-16-26)14-19-32(38)39)33(25-9-6-10-25)24-7-2-1-3-8-24/h1-3,7-8,12-19,22,25,31H,4-6,9-11,20H2,(H,38,39). The molecule has 0 amide bonds. The maximum absolute atomic E-state index is 11.0. The van der Waals surface area contributed by atoms with Crippen LogP contribution in [0.25, 0.3) is 28.1 Å². The van der Waals surface area contributed by atoms with E-state index in [1.165, 1.54) is 12.0 Å². The molecule has 3 aromatic carbocycles. The summed E-state index contributed by atoms with van der Waals surface area (Å²) in [5.41, 5.74) is 7.66. The van der Waals surface area contributed by atoms with Crippen LogP contribution >= 0.6 is 0 Å². The van der Waals surface area contributed by atoms with Gasteiger partial charge in [-0.2, -0.15) is 10.4 Å². The molecule has 6 heteroatoms. The molecule has 1 aliphatic carbocycles. The number of hydrogen-bond acceptors (Lipinski definition) is 4. The number of hydrogen-bond donors (Lipinski definition) is 1. The molecule has 1 aliphatic heterocycles. The third kappa shape index (κ3) is 4.97. The van der Waals surface area contributed by atoms with Crippen molar-refractivity contribution in [1.82, 2.24) is 9.78 Å². The highest BCUT2D eigenvalue weighted by Crippen LogP contribution is 2.46. The molecule has 2 fully saturated rings. The summed E-state index contributed by atoms with van der Waals surface area (Å²) in [6, 6.07) is 25.1. The summed E-state index contributed by atoms with van der Waals surface area (Å²) >= 11 is 0. The van der Waals surface area contributed by atoms with Gasteiger partial charge in [0, 0.05) is 23.6 Å². The fourth-order valence-electron chi connectivity index (χ4n) is 5.88. The molecule has 0 bridgehead atoms. The van der Waals surface area contributed by atoms with Crippen molar-refractivity contribution in [1.29, 1.82) is 5.26 Å². The number of rotatable bonds is 7. The number of benzene rings is 3. The van der Waals surface area contributed by atoms with Gasteiger partial charge in [-0.25, -0.2) is 9.48 Å². The number of aromatic nitrogens is 2. The molecule has 6 rings (SSSR count). The Kier molecular flexibility index (Phi) is 7.31. The number of fused-ring (bicyclic) bond motifs is 1. The van der Waals surface area contributed by atoms with Crippen LogP contribution < -0.4 is 0 Å². The number of ether oxygens (including phenoxy) is 1. The highest BCUT2D eigenvalue weighted by Gasteiger charge is 2.29. The summed E-state index contributed by atoms with van der Waals surface area (Å²) in [4.78, 5) is 11.0. The minimum Gasteiger partial charge on any atom is -0.478 e. The van der Waals surface area contributed by atoms with E-state index in [1.807, 2.05) is 35.0 Å². The van der Waals surface area contributed by atoms with Gasteiger partial charge in [-0.1, -0.05) is 67.1 Å². The molecule has 1 N–H and O–H groups in total. The predicted molar refractivity (Wildman–Crippen MR) is 156 cm³/mol. The van der Waals surface area contributed by atoms with Gasteiger partial charge in [-0.3, -0.25) is 0 Å². The van der Waals surface area contributed by atoms with Crippen LogP contribution in [0.3, 0.4) is 0 Å². The van der Waals surface area contributed by atoms with Gasteiger partial charge < -0.3 is 9.84 Å². The smallest absolute Gasteiger partial charge is 0.328 e. The number of aliphatic carboxylic acids is 1. The fraction of sp³-hybridized carbons (Fsp3) is 0.265.